The number of rotatable bonds is 5. The van der Waals surface area contributed by atoms with Crippen LogP contribution in [-0.2, 0) is 9.53 Å². The second-order valence-corrected chi connectivity index (χ2v) is 5.08. The minimum absolute atomic E-state index is 0.545. The predicted molar refractivity (Wildman–Crippen MR) is 61.9 cm³/mol. The van der Waals surface area contributed by atoms with E-state index in [1.54, 1.807) is 38.8 Å². The van der Waals surface area contributed by atoms with Crippen molar-refractivity contribution in [2.45, 2.75) is 38.8 Å². The van der Waals surface area contributed by atoms with Crippen LogP contribution in [0.15, 0.2) is 0 Å². The molecule has 0 saturated carbocycles. The number of hydrogen-bond donors (Lipinski definition) is 1. The highest BCUT2D eigenvalue weighted by molar-refractivity contribution is 7.98. The lowest BCUT2D eigenvalue weighted by Gasteiger charge is -2.21. The maximum atomic E-state index is 11.3. The molecule has 0 fully saturated rings. The minimum Gasteiger partial charge on any atom is -0.444 e. The van der Waals surface area contributed by atoms with Crippen LogP contribution >= 0.6 is 11.8 Å². The molecule has 0 aliphatic rings. The smallest absolute Gasteiger partial charge is 0.408 e. The molecule has 0 unspecified atom stereocenters. The summed E-state index contributed by atoms with van der Waals surface area (Å²) >= 11 is 1.61. The highest BCUT2D eigenvalue weighted by Gasteiger charge is 2.19. The van der Waals surface area contributed by atoms with Gasteiger partial charge in [0.15, 0.2) is 0 Å². The number of nitrogens with one attached hydrogen (secondary N) is 1. The van der Waals surface area contributed by atoms with Gasteiger partial charge >= 0.3 is 6.09 Å². The van der Waals surface area contributed by atoms with Crippen LogP contribution < -0.4 is 5.32 Å². The van der Waals surface area contributed by atoms with Gasteiger partial charge in [-0.2, -0.15) is 11.8 Å². The van der Waals surface area contributed by atoms with Crippen molar-refractivity contribution in [2.75, 3.05) is 12.0 Å². The monoisotopic (exact) mass is 232 g/mol. The Bertz CT molecular complexity index is 213. The second kappa shape index (κ2) is 6.71. The van der Waals surface area contributed by atoms with E-state index >= 15 is 0 Å². The Hall–Kier alpha value is -0.710. The average molecular weight is 232 g/mol. The van der Waals surface area contributed by atoms with Gasteiger partial charge in [-0.1, -0.05) is 0 Å². The lowest BCUT2D eigenvalue weighted by Crippen LogP contribution is -2.40. The zero-order valence-electron chi connectivity index (χ0n) is 9.62. The van der Waals surface area contributed by atoms with Crippen LogP contribution in [0.2, 0.25) is 0 Å². The van der Waals surface area contributed by atoms with Gasteiger partial charge in [-0.3, -0.25) is 4.79 Å². The Labute approximate surface area is 95.1 Å². The molecule has 0 aromatic heterocycles. The third-order valence-corrected chi connectivity index (χ3v) is 2.09. The lowest BCUT2D eigenvalue weighted by atomic mass is 10.2. The first-order valence-corrected chi connectivity index (χ1v) is 6.14. The van der Waals surface area contributed by atoms with Gasteiger partial charge in [0.1, 0.15) is 5.60 Å². The van der Waals surface area contributed by atoms with Gasteiger partial charge in [0, 0.05) is 0 Å². The van der Waals surface area contributed by atoms with Gasteiger partial charge in [-0.25, -0.2) is 4.79 Å². The Kier molecular flexibility index (Phi) is 6.40. The molecular formula is C10H18NO3S. The van der Waals surface area contributed by atoms with E-state index in [2.05, 4.69) is 5.32 Å². The summed E-state index contributed by atoms with van der Waals surface area (Å²) < 4.78 is 5.01. The van der Waals surface area contributed by atoms with E-state index in [4.69, 9.17) is 4.74 Å². The molecule has 1 radical (unpaired) electrons. The summed E-state index contributed by atoms with van der Waals surface area (Å²) in [4.78, 5) is 21.8. The number of amides is 1. The van der Waals surface area contributed by atoms with E-state index in [-0.39, 0.29) is 0 Å². The van der Waals surface area contributed by atoms with Crippen molar-refractivity contribution < 1.29 is 14.3 Å². The Morgan fingerprint density at radius 3 is 2.53 bits per heavy atom. The first-order valence-electron chi connectivity index (χ1n) is 4.75. The molecule has 0 aromatic rings. The molecule has 0 saturated heterocycles. The Morgan fingerprint density at radius 1 is 1.53 bits per heavy atom. The van der Waals surface area contributed by atoms with Gasteiger partial charge in [-0.05, 0) is 39.2 Å². The molecule has 87 valence electrons. The molecule has 1 amide bonds. The van der Waals surface area contributed by atoms with E-state index < -0.39 is 17.7 Å². The van der Waals surface area contributed by atoms with Crippen molar-refractivity contribution >= 4 is 24.1 Å². The van der Waals surface area contributed by atoms with Crippen molar-refractivity contribution in [3.63, 3.8) is 0 Å². The average Bonchev–Trinajstić information content (AvgIpc) is 2.09. The molecule has 0 aliphatic heterocycles. The van der Waals surface area contributed by atoms with E-state index in [1.807, 2.05) is 6.26 Å². The van der Waals surface area contributed by atoms with E-state index in [9.17, 15) is 9.59 Å². The second-order valence-electron chi connectivity index (χ2n) is 4.10. The van der Waals surface area contributed by atoms with Crippen LogP contribution in [0.1, 0.15) is 27.2 Å². The summed E-state index contributed by atoms with van der Waals surface area (Å²) in [5.74, 6) is 0.801. The molecule has 1 atom stereocenters. The van der Waals surface area contributed by atoms with Crippen LogP contribution in [0.4, 0.5) is 4.79 Å². The van der Waals surface area contributed by atoms with Crippen LogP contribution in [0.5, 0.6) is 0 Å². The summed E-state index contributed by atoms with van der Waals surface area (Å²) in [6.07, 6.45) is 3.72. The van der Waals surface area contributed by atoms with Crippen molar-refractivity contribution in [3.05, 3.63) is 0 Å². The van der Waals surface area contributed by atoms with Crippen molar-refractivity contribution in [1.82, 2.24) is 5.32 Å². The predicted octanol–water partition coefficient (Wildman–Crippen LogP) is 1.74. The summed E-state index contributed by atoms with van der Waals surface area (Å²) in [6.45, 7) is 5.32. The topological polar surface area (TPSA) is 55.4 Å². The summed E-state index contributed by atoms with van der Waals surface area (Å²) in [5, 5.41) is 2.46. The van der Waals surface area contributed by atoms with Gasteiger partial charge in [0.25, 0.3) is 0 Å². The molecule has 5 heteroatoms. The van der Waals surface area contributed by atoms with Gasteiger partial charge in [0.2, 0.25) is 6.29 Å². The highest BCUT2D eigenvalue weighted by atomic mass is 32.2. The summed E-state index contributed by atoms with van der Waals surface area (Å²) in [5.41, 5.74) is -0.545. The Balaban J connectivity index is 3.96. The van der Waals surface area contributed by atoms with Crippen LogP contribution in [-0.4, -0.2) is 36.0 Å². The SMILES string of the molecule is CSCC[C@@H]([C]=O)NC(=O)OC(C)(C)C. The fraction of sp³-hybridized carbons (Fsp3) is 0.800. The van der Waals surface area contributed by atoms with E-state index in [1.165, 1.54) is 0 Å². The van der Waals surface area contributed by atoms with E-state index in [0.717, 1.165) is 5.75 Å². The molecule has 4 nitrogen and oxygen atoms in total. The van der Waals surface area contributed by atoms with Crippen LogP contribution in [0.25, 0.3) is 0 Å². The molecule has 0 bridgehead atoms. The number of thioether (sulfide) groups is 1. The molecular weight excluding hydrogens is 214 g/mol. The number of ether oxygens (including phenoxy) is 1. The minimum atomic E-state index is -0.577. The maximum absolute atomic E-state index is 11.3. The zero-order valence-corrected chi connectivity index (χ0v) is 10.4. The standard InChI is InChI=1S/C10H18NO3S/c1-10(2,3)14-9(13)11-8(7-12)5-6-15-4/h8H,5-6H2,1-4H3,(H,11,13)/t8-/m0/s1. The Morgan fingerprint density at radius 2 is 2.13 bits per heavy atom. The highest BCUT2D eigenvalue weighted by Crippen LogP contribution is 2.07. The third kappa shape index (κ3) is 8.30. The molecule has 0 aliphatic carbocycles. The summed E-state index contributed by atoms with van der Waals surface area (Å²) in [6, 6.07) is -0.577. The maximum Gasteiger partial charge on any atom is 0.408 e. The normalized spacial score (nSPS) is 13.1. The molecule has 0 spiro atoms. The third-order valence-electron chi connectivity index (χ3n) is 1.44. The first-order chi connectivity index (χ1) is 6.89. The molecule has 15 heavy (non-hydrogen) atoms. The van der Waals surface area contributed by atoms with E-state index in [0.29, 0.717) is 6.42 Å². The molecule has 1 N–H and O–H groups in total. The molecule has 0 heterocycles. The quantitative estimate of drug-likeness (QED) is 0.784. The fourth-order valence-electron chi connectivity index (χ4n) is 0.846. The van der Waals surface area contributed by atoms with Crippen molar-refractivity contribution in [2.24, 2.45) is 0 Å². The van der Waals surface area contributed by atoms with Gasteiger partial charge in [0.05, 0.1) is 6.04 Å². The largest absolute Gasteiger partial charge is 0.444 e. The van der Waals surface area contributed by atoms with Crippen LogP contribution in [0, 0.1) is 0 Å². The number of carbonyl (C=O) groups excluding carboxylic acids is 2. The number of carbonyl (C=O) groups is 1. The fourth-order valence-corrected chi connectivity index (χ4v) is 1.32. The van der Waals surface area contributed by atoms with Crippen molar-refractivity contribution in [3.8, 4) is 0 Å². The van der Waals surface area contributed by atoms with Gasteiger partial charge < -0.3 is 10.1 Å². The molecule has 0 aromatic carbocycles. The van der Waals surface area contributed by atoms with Crippen LogP contribution in [0.3, 0.4) is 0 Å². The zero-order chi connectivity index (χ0) is 11.9. The molecule has 0 rings (SSSR count). The first kappa shape index (κ1) is 14.3. The summed E-state index contributed by atoms with van der Waals surface area (Å²) in [7, 11) is 0. The number of hydrogen-bond acceptors (Lipinski definition) is 4. The number of alkyl carbamates (subject to hydrolysis) is 1. The van der Waals surface area contributed by atoms with Crippen molar-refractivity contribution in [1.29, 1.82) is 0 Å². The van der Waals surface area contributed by atoms with Gasteiger partial charge in [-0.15, -0.1) is 0 Å². The lowest BCUT2D eigenvalue weighted by molar-refractivity contribution is 0.0516.